The van der Waals surface area contributed by atoms with E-state index in [4.69, 9.17) is 5.11 Å². The van der Waals surface area contributed by atoms with Crippen LogP contribution in [0.3, 0.4) is 0 Å². The molecule has 0 aliphatic rings. The molecule has 0 saturated heterocycles. The van der Waals surface area contributed by atoms with Crippen molar-refractivity contribution in [2.24, 2.45) is 0 Å². The summed E-state index contributed by atoms with van der Waals surface area (Å²) >= 11 is 9.62. The second-order valence-electron chi connectivity index (χ2n) is 1.89. The average Bonchev–Trinajstić information content (AvgIpc) is 1.87. The monoisotopic (exact) mass is 334 g/mol. The van der Waals surface area contributed by atoms with Crippen molar-refractivity contribution in [2.75, 3.05) is 0 Å². The van der Waals surface area contributed by atoms with Crippen LogP contribution in [0.25, 0.3) is 0 Å². The zero-order valence-corrected chi connectivity index (χ0v) is 10.3. The standard InChI is InChI=1S/C6H9Br3O/c1-2-3-4(7)5(8)6(9)10/h4,10H,2-3H2,1H3/b6-5-. The van der Waals surface area contributed by atoms with Gasteiger partial charge < -0.3 is 5.11 Å². The van der Waals surface area contributed by atoms with E-state index < -0.39 is 0 Å². The molecule has 0 amide bonds. The van der Waals surface area contributed by atoms with Gasteiger partial charge in [-0.3, -0.25) is 0 Å². The van der Waals surface area contributed by atoms with E-state index in [0.717, 1.165) is 17.3 Å². The van der Waals surface area contributed by atoms with Crippen molar-refractivity contribution in [3.8, 4) is 0 Å². The Hall–Kier alpha value is 0.980. The predicted octanol–water partition coefficient (Wildman–Crippen LogP) is 4.07. The average molecular weight is 337 g/mol. The Morgan fingerprint density at radius 1 is 1.50 bits per heavy atom. The molecule has 0 aromatic carbocycles. The molecule has 0 heterocycles. The van der Waals surface area contributed by atoms with Crippen molar-refractivity contribution in [1.82, 2.24) is 0 Å². The molecule has 1 N–H and O–H groups in total. The fourth-order valence-corrected chi connectivity index (χ4v) is 2.00. The van der Waals surface area contributed by atoms with Gasteiger partial charge in [0.2, 0.25) is 0 Å². The summed E-state index contributed by atoms with van der Waals surface area (Å²) in [5.74, 6) is 0. The predicted molar refractivity (Wildman–Crippen MR) is 55.1 cm³/mol. The molecule has 1 atom stereocenters. The highest BCUT2D eigenvalue weighted by Gasteiger charge is 2.09. The Labute approximate surface area is 86.3 Å². The van der Waals surface area contributed by atoms with E-state index in [-0.39, 0.29) is 9.50 Å². The van der Waals surface area contributed by atoms with Crippen LogP contribution in [0.4, 0.5) is 0 Å². The molecule has 60 valence electrons. The van der Waals surface area contributed by atoms with Gasteiger partial charge in [-0.2, -0.15) is 0 Å². The number of alkyl halides is 1. The summed E-state index contributed by atoms with van der Waals surface area (Å²) in [6, 6.07) is 0. The fourth-order valence-electron chi connectivity index (χ4n) is 0.509. The fraction of sp³-hybridized carbons (Fsp3) is 0.667. The van der Waals surface area contributed by atoms with E-state index in [1.54, 1.807) is 0 Å². The van der Waals surface area contributed by atoms with Gasteiger partial charge in [0.25, 0.3) is 0 Å². The lowest BCUT2D eigenvalue weighted by molar-refractivity contribution is 0.456. The number of aliphatic hydroxyl groups is 1. The molecule has 0 spiro atoms. The van der Waals surface area contributed by atoms with Gasteiger partial charge in [-0.1, -0.05) is 29.3 Å². The lowest BCUT2D eigenvalue weighted by Crippen LogP contribution is -1.97. The summed E-state index contributed by atoms with van der Waals surface area (Å²) in [6.07, 6.45) is 2.10. The highest BCUT2D eigenvalue weighted by atomic mass is 79.9. The van der Waals surface area contributed by atoms with Crippen LogP contribution in [-0.2, 0) is 0 Å². The minimum atomic E-state index is 0.169. The van der Waals surface area contributed by atoms with Crippen LogP contribution in [0.2, 0.25) is 0 Å². The maximum absolute atomic E-state index is 8.94. The van der Waals surface area contributed by atoms with Gasteiger partial charge in [0, 0.05) is 0 Å². The summed E-state index contributed by atoms with van der Waals surface area (Å²) in [6.45, 7) is 2.10. The zero-order chi connectivity index (χ0) is 8.15. The molecule has 0 fully saturated rings. The first-order chi connectivity index (χ1) is 4.59. The highest BCUT2D eigenvalue weighted by molar-refractivity contribution is 9.15. The van der Waals surface area contributed by atoms with Crippen LogP contribution in [0, 0.1) is 0 Å². The quantitative estimate of drug-likeness (QED) is 0.608. The van der Waals surface area contributed by atoms with E-state index in [0.29, 0.717) is 0 Å². The lowest BCUT2D eigenvalue weighted by atomic mass is 10.2. The topological polar surface area (TPSA) is 20.2 Å². The molecule has 4 heteroatoms. The SMILES string of the molecule is CCCC(Br)/C(Br)=C(/O)Br. The third-order valence-corrected chi connectivity index (χ3v) is 4.43. The number of halogens is 3. The minimum Gasteiger partial charge on any atom is -0.501 e. The van der Waals surface area contributed by atoms with E-state index in [1.807, 2.05) is 0 Å². The molecule has 1 nitrogen and oxygen atoms in total. The van der Waals surface area contributed by atoms with Crippen LogP contribution < -0.4 is 0 Å². The second-order valence-corrected chi connectivity index (χ2v) is 4.61. The second kappa shape index (κ2) is 5.61. The smallest absolute Gasteiger partial charge is 0.170 e. The van der Waals surface area contributed by atoms with Gasteiger partial charge in [0.05, 0.1) is 9.31 Å². The van der Waals surface area contributed by atoms with E-state index in [1.165, 1.54) is 0 Å². The van der Waals surface area contributed by atoms with Crippen molar-refractivity contribution in [3.63, 3.8) is 0 Å². The van der Waals surface area contributed by atoms with Crippen molar-refractivity contribution < 1.29 is 5.11 Å². The van der Waals surface area contributed by atoms with Gasteiger partial charge in [-0.15, -0.1) is 0 Å². The van der Waals surface area contributed by atoms with Crippen molar-refractivity contribution >= 4 is 47.8 Å². The maximum Gasteiger partial charge on any atom is 0.170 e. The molecule has 0 aliphatic heterocycles. The van der Waals surface area contributed by atoms with Crippen LogP contribution >= 0.6 is 47.8 Å². The molecule has 10 heavy (non-hydrogen) atoms. The summed E-state index contributed by atoms with van der Waals surface area (Å²) in [7, 11) is 0. The first-order valence-electron chi connectivity index (χ1n) is 2.97. The van der Waals surface area contributed by atoms with Crippen molar-refractivity contribution in [3.05, 3.63) is 9.15 Å². The normalized spacial score (nSPS) is 16.4. The number of hydrogen-bond donors (Lipinski definition) is 1. The Morgan fingerprint density at radius 3 is 2.30 bits per heavy atom. The van der Waals surface area contributed by atoms with Gasteiger partial charge in [0.15, 0.2) is 4.67 Å². The molecule has 0 bridgehead atoms. The zero-order valence-electron chi connectivity index (χ0n) is 5.57. The first-order valence-corrected chi connectivity index (χ1v) is 5.48. The summed E-state index contributed by atoms with van der Waals surface area (Å²) in [4.78, 5) is 0.219. The Morgan fingerprint density at radius 2 is 2.00 bits per heavy atom. The van der Waals surface area contributed by atoms with Crippen molar-refractivity contribution in [2.45, 2.75) is 24.6 Å². The summed E-state index contributed by atoms with van der Waals surface area (Å²) in [5, 5.41) is 8.94. The highest BCUT2D eigenvalue weighted by Crippen LogP contribution is 2.27. The third-order valence-electron chi connectivity index (χ3n) is 1.01. The lowest BCUT2D eigenvalue weighted by Gasteiger charge is -2.06. The van der Waals surface area contributed by atoms with Gasteiger partial charge in [0.1, 0.15) is 0 Å². The molecule has 0 aromatic heterocycles. The number of aliphatic hydroxyl groups excluding tert-OH is 1. The first kappa shape index (κ1) is 11.0. The number of hydrogen-bond acceptors (Lipinski definition) is 1. The molecule has 0 radical (unpaired) electrons. The van der Waals surface area contributed by atoms with Crippen LogP contribution in [0.1, 0.15) is 19.8 Å². The van der Waals surface area contributed by atoms with E-state index in [2.05, 4.69) is 54.7 Å². The van der Waals surface area contributed by atoms with Gasteiger partial charge in [-0.25, -0.2) is 0 Å². The molecule has 0 saturated carbocycles. The maximum atomic E-state index is 8.94. The van der Waals surface area contributed by atoms with Gasteiger partial charge in [-0.05, 0) is 38.3 Å². The summed E-state index contributed by atoms with van der Waals surface area (Å²) < 4.78 is 0.942. The number of allylic oxidation sites excluding steroid dienone is 1. The Bertz CT molecular complexity index is 129. The molecule has 0 aromatic rings. The minimum absolute atomic E-state index is 0.169. The molecule has 0 aliphatic carbocycles. The van der Waals surface area contributed by atoms with E-state index >= 15 is 0 Å². The van der Waals surface area contributed by atoms with Crippen LogP contribution in [-0.4, -0.2) is 9.93 Å². The molecular weight excluding hydrogens is 328 g/mol. The van der Waals surface area contributed by atoms with Crippen LogP contribution in [0.15, 0.2) is 9.15 Å². The largest absolute Gasteiger partial charge is 0.501 e. The van der Waals surface area contributed by atoms with Gasteiger partial charge >= 0.3 is 0 Å². The van der Waals surface area contributed by atoms with Crippen LogP contribution in [0.5, 0.6) is 0 Å². The Kier molecular flexibility index (Phi) is 6.16. The molecular formula is C6H9Br3O. The third kappa shape index (κ3) is 3.98. The van der Waals surface area contributed by atoms with E-state index in [9.17, 15) is 0 Å². The Balaban J connectivity index is 3.94. The molecule has 0 rings (SSSR count). The number of rotatable bonds is 3. The molecule has 1 unspecified atom stereocenters. The van der Waals surface area contributed by atoms with Crippen molar-refractivity contribution in [1.29, 1.82) is 0 Å². The summed E-state index contributed by atoms with van der Waals surface area (Å²) in [5.41, 5.74) is 0.